The van der Waals surface area contributed by atoms with Gasteiger partial charge < -0.3 is 15.4 Å². The second-order valence-corrected chi connectivity index (χ2v) is 7.21. The van der Waals surface area contributed by atoms with Gasteiger partial charge in [-0.15, -0.1) is 0 Å². The zero-order valence-corrected chi connectivity index (χ0v) is 15.7. The van der Waals surface area contributed by atoms with Crippen LogP contribution in [-0.4, -0.2) is 27.5 Å². The van der Waals surface area contributed by atoms with Crippen molar-refractivity contribution in [3.8, 4) is 5.75 Å². The molecule has 0 aliphatic carbocycles. The Labute approximate surface area is 149 Å². The van der Waals surface area contributed by atoms with Gasteiger partial charge in [0.1, 0.15) is 23.1 Å². The van der Waals surface area contributed by atoms with Crippen LogP contribution in [0, 0.1) is 6.92 Å². The van der Waals surface area contributed by atoms with Gasteiger partial charge in [0.25, 0.3) is 5.91 Å². The summed E-state index contributed by atoms with van der Waals surface area (Å²) in [5, 5.41) is 6.10. The fraction of sp³-hybridized carbons (Fsp3) is 0.421. The van der Waals surface area contributed by atoms with Gasteiger partial charge >= 0.3 is 0 Å². The van der Waals surface area contributed by atoms with Crippen molar-refractivity contribution in [3.63, 3.8) is 0 Å². The van der Waals surface area contributed by atoms with Crippen molar-refractivity contribution in [2.24, 2.45) is 0 Å². The van der Waals surface area contributed by atoms with E-state index in [4.69, 9.17) is 4.74 Å². The van der Waals surface area contributed by atoms with Crippen molar-refractivity contribution < 1.29 is 9.53 Å². The summed E-state index contributed by atoms with van der Waals surface area (Å²) < 4.78 is 5.63. The van der Waals surface area contributed by atoms with Crippen molar-refractivity contribution in [3.05, 3.63) is 41.9 Å². The number of carbonyl (C=O) groups excluding carboxylic acids is 1. The van der Waals surface area contributed by atoms with E-state index in [0.717, 1.165) is 11.4 Å². The van der Waals surface area contributed by atoms with E-state index in [0.29, 0.717) is 17.3 Å². The smallest absolute Gasteiger partial charge is 0.270 e. The van der Waals surface area contributed by atoms with Gasteiger partial charge in [-0.2, -0.15) is 0 Å². The lowest BCUT2D eigenvalue weighted by molar-refractivity contribution is 0.0914. The first-order valence-corrected chi connectivity index (χ1v) is 8.34. The van der Waals surface area contributed by atoms with Crippen molar-refractivity contribution in [2.45, 2.75) is 53.2 Å². The quantitative estimate of drug-likeness (QED) is 0.863. The second kappa shape index (κ2) is 7.51. The minimum Gasteiger partial charge on any atom is -0.491 e. The molecule has 6 nitrogen and oxygen atoms in total. The van der Waals surface area contributed by atoms with Crippen LogP contribution in [-0.2, 0) is 0 Å². The Bertz CT molecular complexity index is 734. The molecule has 0 aliphatic heterocycles. The summed E-state index contributed by atoms with van der Waals surface area (Å²) in [5.74, 6) is 1.69. The Morgan fingerprint density at radius 1 is 1.12 bits per heavy atom. The van der Waals surface area contributed by atoms with Crippen LogP contribution < -0.4 is 15.4 Å². The van der Waals surface area contributed by atoms with Gasteiger partial charge in [0.05, 0.1) is 6.10 Å². The second-order valence-electron chi connectivity index (χ2n) is 7.21. The van der Waals surface area contributed by atoms with Crippen molar-refractivity contribution in [1.29, 1.82) is 0 Å². The molecular formula is C19H26N4O2. The number of aryl methyl sites for hydroxylation is 1. The summed E-state index contributed by atoms with van der Waals surface area (Å²) in [7, 11) is 0. The summed E-state index contributed by atoms with van der Waals surface area (Å²) in [5.41, 5.74) is 0.872. The van der Waals surface area contributed by atoms with Crippen LogP contribution in [0.15, 0.2) is 30.3 Å². The zero-order valence-electron chi connectivity index (χ0n) is 15.7. The lowest BCUT2D eigenvalue weighted by Crippen LogP contribution is -2.41. The Morgan fingerprint density at radius 2 is 1.76 bits per heavy atom. The molecule has 0 spiro atoms. The molecule has 0 fully saturated rings. The molecule has 134 valence electrons. The van der Waals surface area contributed by atoms with Crippen molar-refractivity contribution in [1.82, 2.24) is 15.3 Å². The molecule has 1 amide bonds. The monoisotopic (exact) mass is 342 g/mol. The number of rotatable bonds is 5. The summed E-state index contributed by atoms with van der Waals surface area (Å²) in [6.07, 6.45) is 0.132. The number of hydrogen-bond acceptors (Lipinski definition) is 5. The van der Waals surface area contributed by atoms with Gasteiger partial charge in [-0.1, -0.05) is 0 Å². The first-order valence-electron chi connectivity index (χ1n) is 8.34. The number of nitrogens with zero attached hydrogens (tertiary/aromatic N) is 2. The average molecular weight is 342 g/mol. The van der Waals surface area contributed by atoms with E-state index in [9.17, 15) is 4.79 Å². The molecule has 0 bridgehead atoms. The third kappa shape index (κ3) is 6.06. The number of benzene rings is 1. The molecular weight excluding hydrogens is 316 g/mol. The summed E-state index contributed by atoms with van der Waals surface area (Å²) in [6.45, 7) is 11.5. The molecule has 0 saturated heterocycles. The van der Waals surface area contributed by atoms with Crippen LogP contribution in [0.2, 0.25) is 0 Å². The molecule has 2 aromatic rings. The normalized spacial score (nSPS) is 11.3. The predicted octanol–water partition coefficient (Wildman–Crippen LogP) is 3.84. The predicted molar refractivity (Wildman–Crippen MR) is 99.5 cm³/mol. The first kappa shape index (κ1) is 18.7. The standard InChI is InChI=1S/C19H26N4O2/c1-12(2)25-15-9-7-14(8-10-15)22-17-11-16(20-13(3)21-17)18(24)23-19(4,5)6/h7-12H,1-6H3,(H,23,24)(H,20,21,22). The Morgan fingerprint density at radius 3 is 2.32 bits per heavy atom. The van der Waals surface area contributed by atoms with Gasteiger partial charge in [-0.25, -0.2) is 9.97 Å². The molecule has 0 aliphatic rings. The molecule has 0 saturated carbocycles. The van der Waals surface area contributed by atoms with Crippen LogP contribution in [0.3, 0.4) is 0 Å². The van der Waals surface area contributed by atoms with Crippen molar-refractivity contribution >= 4 is 17.4 Å². The summed E-state index contributed by atoms with van der Waals surface area (Å²) in [6, 6.07) is 9.24. The number of hydrogen-bond donors (Lipinski definition) is 2. The maximum atomic E-state index is 12.3. The van der Waals surface area contributed by atoms with Gasteiger partial charge in [0.15, 0.2) is 0 Å². The number of amides is 1. The topological polar surface area (TPSA) is 76.1 Å². The van der Waals surface area contributed by atoms with E-state index in [1.165, 1.54) is 0 Å². The maximum absolute atomic E-state index is 12.3. The molecule has 6 heteroatoms. The number of aromatic nitrogens is 2. The van der Waals surface area contributed by atoms with E-state index in [-0.39, 0.29) is 17.6 Å². The van der Waals surface area contributed by atoms with E-state index in [1.807, 2.05) is 58.9 Å². The molecule has 0 unspecified atom stereocenters. The highest BCUT2D eigenvalue weighted by atomic mass is 16.5. The van der Waals surface area contributed by atoms with Gasteiger partial charge in [-0.05, 0) is 65.8 Å². The molecule has 0 radical (unpaired) electrons. The Balaban J connectivity index is 2.15. The van der Waals surface area contributed by atoms with Crippen LogP contribution in [0.4, 0.5) is 11.5 Å². The minimum absolute atomic E-state index is 0.132. The number of nitrogens with one attached hydrogen (secondary N) is 2. The van der Waals surface area contributed by atoms with Crippen LogP contribution in [0.25, 0.3) is 0 Å². The van der Waals surface area contributed by atoms with Gasteiger partial charge in [-0.3, -0.25) is 4.79 Å². The van der Waals surface area contributed by atoms with E-state index < -0.39 is 0 Å². The van der Waals surface area contributed by atoms with Crippen LogP contribution in [0.5, 0.6) is 5.75 Å². The summed E-state index contributed by atoms with van der Waals surface area (Å²) >= 11 is 0. The SMILES string of the molecule is Cc1nc(Nc2ccc(OC(C)C)cc2)cc(C(=O)NC(C)(C)C)n1. The third-order valence-electron chi connectivity index (χ3n) is 3.06. The van der Waals surface area contributed by atoms with E-state index in [2.05, 4.69) is 20.6 Å². The largest absolute Gasteiger partial charge is 0.491 e. The number of carbonyl (C=O) groups is 1. The first-order chi connectivity index (χ1) is 11.6. The molecule has 0 atom stereocenters. The Kier molecular flexibility index (Phi) is 5.62. The van der Waals surface area contributed by atoms with Crippen LogP contribution >= 0.6 is 0 Å². The lowest BCUT2D eigenvalue weighted by atomic mass is 10.1. The molecule has 1 aromatic heterocycles. The lowest BCUT2D eigenvalue weighted by Gasteiger charge is -2.20. The number of ether oxygens (including phenoxy) is 1. The fourth-order valence-electron chi connectivity index (χ4n) is 2.19. The summed E-state index contributed by atoms with van der Waals surface area (Å²) in [4.78, 5) is 20.9. The maximum Gasteiger partial charge on any atom is 0.270 e. The Hall–Kier alpha value is -2.63. The highest BCUT2D eigenvalue weighted by molar-refractivity contribution is 5.93. The molecule has 2 rings (SSSR count). The molecule has 2 N–H and O–H groups in total. The zero-order chi connectivity index (χ0) is 18.6. The average Bonchev–Trinajstić information content (AvgIpc) is 2.46. The van der Waals surface area contributed by atoms with E-state index >= 15 is 0 Å². The molecule has 1 heterocycles. The number of anilines is 2. The fourth-order valence-corrected chi connectivity index (χ4v) is 2.19. The van der Waals surface area contributed by atoms with Crippen molar-refractivity contribution in [2.75, 3.05) is 5.32 Å². The highest BCUT2D eigenvalue weighted by Gasteiger charge is 2.17. The van der Waals surface area contributed by atoms with Gasteiger partial charge in [0.2, 0.25) is 0 Å². The highest BCUT2D eigenvalue weighted by Crippen LogP contribution is 2.20. The minimum atomic E-state index is -0.324. The van der Waals surface area contributed by atoms with Crippen LogP contribution in [0.1, 0.15) is 50.9 Å². The molecule has 25 heavy (non-hydrogen) atoms. The van der Waals surface area contributed by atoms with Gasteiger partial charge in [0, 0.05) is 17.3 Å². The third-order valence-corrected chi connectivity index (χ3v) is 3.06. The molecule has 1 aromatic carbocycles. The van der Waals surface area contributed by atoms with E-state index in [1.54, 1.807) is 13.0 Å².